The van der Waals surface area contributed by atoms with E-state index in [4.69, 9.17) is 5.11 Å². The minimum atomic E-state index is -0.907. The lowest BCUT2D eigenvalue weighted by Crippen LogP contribution is -2.18. The first-order valence-electron chi connectivity index (χ1n) is 5.66. The van der Waals surface area contributed by atoms with Crippen LogP contribution in [0.5, 0.6) is 0 Å². The van der Waals surface area contributed by atoms with Crippen molar-refractivity contribution in [1.82, 2.24) is 14.8 Å². The number of aromatic nitrogens is 3. The minimum Gasteiger partial charge on any atom is -0.481 e. The molecule has 0 aliphatic heterocycles. The Morgan fingerprint density at radius 3 is 3.00 bits per heavy atom. The van der Waals surface area contributed by atoms with Crippen molar-refractivity contribution in [2.75, 3.05) is 5.75 Å². The number of aliphatic carboxylic acids is 1. The summed E-state index contributed by atoms with van der Waals surface area (Å²) in [6.45, 7) is 0.619. The standard InChI is InChI=1S/C10H15N3O3S/c14-8(15)6-17-10-12-11-9(16)13(10)5-1-2-7-3-4-7/h7H,1-6H2,(H,11,16)(H,14,15). The third-order valence-electron chi connectivity index (χ3n) is 2.74. The van der Waals surface area contributed by atoms with Gasteiger partial charge in [-0.25, -0.2) is 9.89 Å². The highest BCUT2D eigenvalue weighted by Crippen LogP contribution is 2.33. The van der Waals surface area contributed by atoms with Gasteiger partial charge in [-0.3, -0.25) is 9.36 Å². The number of rotatable bonds is 7. The molecule has 0 radical (unpaired) electrons. The zero-order chi connectivity index (χ0) is 12.3. The van der Waals surface area contributed by atoms with Gasteiger partial charge in [-0.1, -0.05) is 24.6 Å². The van der Waals surface area contributed by atoms with Crippen molar-refractivity contribution in [3.05, 3.63) is 10.5 Å². The third-order valence-corrected chi connectivity index (χ3v) is 3.70. The van der Waals surface area contributed by atoms with Crippen LogP contribution in [0.1, 0.15) is 25.7 Å². The van der Waals surface area contributed by atoms with Gasteiger partial charge in [0.05, 0.1) is 5.75 Å². The number of hydrogen-bond donors (Lipinski definition) is 2. The van der Waals surface area contributed by atoms with E-state index in [1.807, 2.05) is 0 Å². The quantitative estimate of drug-likeness (QED) is 0.710. The highest BCUT2D eigenvalue weighted by atomic mass is 32.2. The molecular formula is C10H15N3O3S. The lowest BCUT2D eigenvalue weighted by molar-refractivity contribution is -0.133. The first-order chi connectivity index (χ1) is 8.16. The molecule has 0 spiro atoms. The highest BCUT2D eigenvalue weighted by Gasteiger charge is 2.20. The summed E-state index contributed by atoms with van der Waals surface area (Å²) < 4.78 is 1.52. The molecule has 0 saturated heterocycles. The Morgan fingerprint density at radius 2 is 2.35 bits per heavy atom. The molecule has 94 valence electrons. The second-order valence-corrected chi connectivity index (χ2v) is 5.17. The second-order valence-electron chi connectivity index (χ2n) is 4.23. The Labute approximate surface area is 102 Å². The Morgan fingerprint density at radius 1 is 1.59 bits per heavy atom. The molecule has 7 heteroatoms. The fourth-order valence-corrected chi connectivity index (χ4v) is 2.37. The molecule has 1 aromatic heterocycles. The lowest BCUT2D eigenvalue weighted by Gasteiger charge is -2.03. The van der Waals surface area contributed by atoms with Crippen molar-refractivity contribution in [2.45, 2.75) is 37.4 Å². The van der Waals surface area contributed by atoms with Crippen LogP contribution in [-0.4, -0.2) is 31.6 Å². The number of carboxylic acids is 1. The van der Waals surface area contributed by atoms with Crippen LogP contribution in [0, 0.1) is 5.92 Å². The van der Waals surface area contributed by atoms with Crippen molar-refractivity contribution in [3.63, 3.8) is 0 Å². The molecule has 1 fully saturated rings. The van der Waals surface area contributed by atoms with Crippen LogP contribution in [0.4, 0.5) is 0 Å². The first kappa shape index (κ1) is 12.2. The molecule has 2 N–H and O–H groups in total. The van der Waals surface area contributed by atoms with Crippen molar-refractivity contribution < 1.29 is 9.90 Å². The second kappa shape index (κ2) is 5.39. The molecule has 0 amide bonds. The zero-order valence-electron chi connectivity index (χ0n) is 9.39. The lowest BCUT2D eigenvalue weighted by atomic mass is 10.2. The van der Waals surface area contributed by atoms with E-state index in [9.17, 15) is 9.59 Å². The van der Waals surface area contributed by atoms with Gasteiger partial charge in [0.15, 0.2) is 5.16 Å². The number of carboxylic acid groups (broad SMARTS) is 1. The van der Waals surface area contributed by atoms with Gasteiger partial charge in [-0.05, 0) is 18.8 Å². The fourth-order valence-electron chi connectivity index (χ4n) is 1.68. The number of hydrogen-bond acceptors (Lipinski definition) is 4. The summed E-state index contributed by atoms with van der Waals surface area (Å²) >= 11 is 1.07. The largest absolute Gasteiger partial charge is 0.481 e. The monoisotopic (exact) mass is 257 g/mol. The molecule has 0 aromatic carbocycles. The Bertz CT molecular complexity index is 450. The summed E-state index contributed by atoms with van der Waals surface area (Å²) in [6, 6.07) is 0. The van der Waals surface area contributed by atoms with E-state index < -0.39 is 5.97 Å². The molecule has 2 rings (SSSR count). The molecule has 0 atom stereocenters. The van der Waals surface area contributed by atoms with Gasteiger partial charge in [-0.15, -0.1) is 5.10 Å². The molecule has 0 bridgehead atoms. The van der Waals surface area contributed by atoms with E-state index in [0.717, 1.165) is 30.5 Å². The van der Waals surface area contributed by atoms with E-state index in [1.54, 1.807) is 0 Å². The number of thioether (sulfide) groups is 1. The number of nitrogens with one attached hydrogen (secondary N) is 1. The molecule has 17 heavy (non-hydrogen) atoms. The molecular weight excluding hydrogens is 242 g/mol. The van der Waals surface area contributed by atoms with Crippen molar-refractivity contribution in [3.8, 4) is 0 Å². The van der Waals surface area contributed by atoms with E-state index in [2.05, 4.69) is 10.2 Å². The van der Waals surface area contributed by atoms with Crippen LogP contribution in [-0.2, 0) is 11.3 Å². The number of H-pyrrole nitrogens is 1. The summed E-state index contributed by atoms with van der Waals surface area (Å²) in [4.78, 5) is 21.9. The molecule has 1 aliphatic carbocycles. The van der Waals surface area contributed by atoms with Gasteiger partial charge in [-0.2, -0.15) is 0 Å². The van der Waals surface area contributed by atoms with Crippen LogP contribution >= 0.6 is 11.8 Å². The van der Waals surface area contributed by atoms with Gasteiger partial charge in [0.2, 0.25) is 0 Å². The maximum Gasteiger partial charge on any atom is 0.343 e. The van der Waals surface area contributed by atoms with E-state index in [1.165, 1.54) is 17.4 Å². The van der Waals surface area contributed by atoms with Gasteiger partial charge in [0.25, 0.3) is 0 Å². The average molecular weight is 257 g/mol. The highest BCUT2D eigenvalue weighted by molar-refractivity contribution is 7.99. The zero-order valence-corrected chi connectivity index (χ0v) is 10.2. The predicted molar refractivity (Wildman–Crippen MR) is 63.2 cm³/mol. The van der Waals surface area contributed by atoms with Crippen molar-refractivity contribution >= 4 is 17.7 Å². The molecule has 1 aromatic rings. The topological polar surface area (TPSA) is 88.0 Å². The smallest absolute Gasteiger partial charge is 0.343 e. The Balaban J connectivity index is 1.90. The summed E-state index contributed by atoms with van der Waals surface area (Å²) in [5, 5.41) is 15.2. The predicted octanol–water partition coefficient (Wildman–Crippen LogP) is 0.938. The SMILES string of the molecule is O=C(O)CSc1n[nH]c(=O)n1CCCC1CC1. The van der Waals surface area contributed by atoms with Crippen LogP contribution in [0.3, 0.4) is 0 Å². The van der Waals surface area contributed by atoms with E-state index >= 15 is 0 Å². The fraction of sp³-hybridized carbons (Fsp3) is 0.700. The number of nitrogens with zero attached hydrogens (tertiary/aromatic N) is 2. The summed E-state index contributed by atoms with van der Waals surface area (Å²) in [6.07, 6.45) is 4.70. The number of carbonyl (C=O) groups is 1. The van der Waals surface area contributed by atoms with Gasteiger partial charge in [0, 0.05) is 6.54 Å². The van der Waals surface area contributed by atoms with Gasteiger partial charge in [0.1, 0.15) is 0 Å². The van der Waals surface area contributed by atoms with E-state index in [0.29, 0.717) is 11.7 Å². The Kier molecular flexibility index (Phi) is 3.88. The average Bonchev–Trinajstić information content (AvgIpc) is 3.03. The molecule has 1 saturated carbocycles. The first-order valence-corrected chi connectivity index (χ1v) is 6.65. The normalized spacial score (nSPS) is 15.1. The summed E-state index contributed by atoms with van der Waals surface area (Å²) in [5.41, 5.74) is -0.256. The maximum absolute atomic E-state index is 11.5. The van der Waals surface area contributed by atoms with E-state index in [-0.39, 0.29) is 11.4 Å². The minimum absolute atomic E-state index is 0.0765. The maximum atomic E-state index is 11.5. The molecule has 1 aliphatic rings. The summed E-state index contributed by atoms with van der Waals surface area (Å²) in [5.74, 6) is -0.143. The van der Waals surface area contributed by atoms with Crippen molar-refractivity contribution in [2.24, 2.45) is 5.92 Å². The molecule has 1 heterocycles. The third kappa shape index (κ3) is 3.62. The van der Waals surface area contributed by atoms with Gasteiger partial charge >= 0.3 is 11.7 Å². The van der Waals surface area contributed by atoms with Crippen LogP contribution in [0.25, 0.3) is 0 Å². The van der Waals surface area contributed by atoms with Crippen molar-refractivity contribution in [1.29, 1.82) is 0 Å². The molecule has 0 unspecified atom stereocenters. The van der Waals surface area contributed by atoms with Crippen LogP contribution in [0.2, 0.25) is 0 Å². The van der Waals surface area contributed by atoms with Crippen LogP contribution < -0.4 is 5.69 Å². The van der Waals surface area contributed by atoms with Gasteiger partial charge < -0.3 is 5.11 Å². The molecule has 6 nitrogen and oxygen atoms in total. The number of aromatic amines is 1. The Hall–Kier alpha value is -1.24. The van der Waals surface area contributed by atoms with Crippen LogP contribution in [0.15, 0.2) is 9.95 Å². The summed E-state index contributed by atoms with van der Waals surface area (Å²) in [7, 11) is 0.